The van der Waals surface area contributed by atoms with Crippen molar-refractivity contribution in [3.05, 3.63) is 129 Å². The summed E-state index contributed by atoms with van der Waals surface area (Å²) in [7, 11) is 5.76. The lowest BCUT2D eigenvalue weighted by molar-refractivity contribution is 1.13. The molecular formula is C34H25BS. The van der Waals surface area contributed by atoms with Crippen molar-refractivity contribution in [2.75, 3.05) is 0 Å². The van der Waals surface area contributed by atoms with E-state index in [1.165, 1.54) is 11.1 Å². The third kappa shape index (κ3) is 6.77. The van der Waals surface area contributed by atoms with E-state index in [1.807, 2.05) is 60.7 Å². The van der Waals surface area contributed by atoms with Crippen molar-refractivity contribution >= 4 is 25.9 Å². The summed E-state index contributed by atoms with van der Waals surface area (Å²) >= 11 is 4.33. The van der Waals surface area contributed by atoms with Crippen LogP contribution in [0.1, 0.15) is 58.4 Å². The first-order valence-electron chi connectivity index (χ1n) is 12.0. The highest BCUT2D eigenvalue weighted by Gasteiger charge is 2.01. The second-order valence-corrected chi connectivity index (χ2v) is 8.89. The minimum absolute atomic E-state index is 0.742. The Balaban J connectivity index is 1.54. The van der Waals surface area contributed by atoms with Crippen LogP contribution in [-0.2, 0) is 12.8 Å². The molecule has 4 rings (SSSR count). The van der Waals surface area contributed by atoms with Crippen molar-refractivity contribution in [3.8, 4) is 35.5 Å². The van der Waals surface area contributed by atoms with Crippen LogP contribution in [-0.4, -0.2) is 7.85 Å². The zero-order valence-corrected chi connectivity index (χ0v) is 21.4. The molecule has 0 fully saturated rings. The third-order valence-corrected chi connectivity index (χ3v) is 6.08. The van der Waals surface area contributed by atoms with Crippen LogP contribution in [0.15, 0.2) is 89.8 Å². The monoisotopic (exact) mass is 476 g/mol. The highest BCUT2D eigenvalue weighted by atomic mass is 32.1. The third-order valence-electron chi connectivity index (χ3n) is 5.78. The highest BCUT2D eigenvalue weighted by Crippen LogP contribution is 2.15. The number of hydrogen-bond acceptors (Lipinski definition) is 1. The van der Waals surface area contributed by atoms with E-state index in [-0.39, 0.29) is 0 Å². The Hall–Kier alpha value is -4.03. The van der Waals surface area contributed by atoms with Crippen LogP contribution in [0.4, 0.5) is 0 Å². The molecule has 0 atom stereocenters. The fourth-order valence-corrected chi connectivity index (χ4v) is 3.86. The summed E-state index contributed by atoms with van der Waals surface area (Å²) in [5, 5.41) is 0. The van der Waals surface area contributed by atoms with E-state index in [4.69, 9.17) is 7.85 Å². The van der Waals surface area contributed by atoms with Crippen LogP contribution in [0.25, 0.3) is 0 Å². The normalized spacial score (nSPS) is 9.75. The molecule has 0 saturated carbocycles. The van der Waals surface area contributed by atoms with Gasteiger partial charge in [-0.25, -0.2) is 0 Å². The number of aryl methyl sites for hydroxylation is 2. The quantitative estimate of drug-likeness (QED) is 0.202. The Labute approximate surface area is 222 Å². The predicted octanol–water partition coefficient (Wildman–Crippen LogP) is 6.09. The maximum atomic E-state index is 5.76. The van der Waals surface area contributed by atoms with Gasteiger partial charge in [0, 0.05) is 38.3 Å². The molecule has 0 nitrogen and oxygen atoms in total. The van der Waals surface area contributed by atoms with Crippen molar-refractivity contribution in [2.45, 2.75) is 31.6 Å². The average Bonchev–Trinajstić information content (AvgIpc) is 2.91. The van der Waals surface area contributed by atoms with Gasteiger partial charge in [0.05, 0.1) is 0 Å². The van der Waals surface area contributed by atoms with Crippen LogP contribution in [0, 0.1) is 35.5 Å². The van der Waals surface area contributed by atoms with Crippen molar-refractivity contribution in [1.29, 1.82) is 0 Å². The number of thiol groups is 1. The first-order valence-corrected chi connectivity index (χ1v) is 12.4. The van der Waals surface area contributed by atoms with E-state index in [1.54, 1.807) is 0 Å². The van der Waals surface area contributed by atoms with Crippen molar-refractivity contribution in [3.63, 3.8) is 0 Å². The van der Waals surface area contributed by atoms with Gasteiger partial charge in [0.2, 0.25) is 0 Å². The largest absolute Gasteiger partial charge is 0.143 e. The van der Waals surface area contributed by atoms with E-state index in [9.17, 15) is 0 Å². The van der Waals surface area contributed by atoms with Gasteiger partial charge >= 0.3 is 0 Å². The molecule has 0 N–H and O–H groups in total. The minimum atomic E-state index is 0.742. The van der Waals surface area contributed by atoms with Gasteiger partial charge in [0.25, 0.3) is 0 Å². The van der Waals surface area contributed by atoms with E-state index < -0.39 is 0 Å². The van der Waals surface area contributed by atoms with Crippen LogP contribution >= 0.6 is 12.6 Å². The van der Waals surface area contributed by atoms with Crippen molar-refractivity contribution in [1.82, 2.24) is 0 Å². The Kier molecular flexibility index (Phi) is 8.42. The summed E-state index contributed by atoms with van der Waals surface area (Å²) < 4.78 is 0. The zero-order chi connectivity index (χ0) is 25.3. The summed E-state index contributed by atoms with van der Waals surface area (Å²) in [6, 6.07) is 28.0. The summed E-state index contributed by atoms with van der Waals surface area (Å²) in [6.45, 7) is 4.28. The van der Waals surface area contributed by atoms with Crippen molar-refractivity contribution in [2.24, 2.45) is 0 Å². The Bertz CT molecular complexity index is 1440. The molecule has 170 valence electrons. The van der Waals surface area contributed by atoms with Gasteiger partial charge in [-0.3, -0.25) is 0 Å². The molecule has 0 aliphatic carbocycles. The first kappa shape index (κ1) is 25.1. The predicted molar refractivity (Wildman–Crippen MR) is 155 cm³/mol. The van der Waals surface area contributed by atoms with Crippen LogP contribution in [0.3, 0.4) is 0 Å². The fraction of sp³-hybridized carbons (Fsp3) is 0.118. The van der Waals surface area contributed by atoms with E-state index in [0.29, 0.717) is 0 Å². The smallest absolute Gasteiger partial charge is 0.113 e. The summed E-state index contributed by atoms with van der Waals surface area (Å²) in [5.74, 6) is 19.7. The summed E-state index contributed by atoms with van der Waals surface area (Å²) in [4.78, 5) is 0.935. The van der Waals surface area contributed by atoms with Gasteiger partial charge in [0.15, 0.2) is 0 Å². The molecule has 0 spiro atoms. The fourth-order valence-electron chi connectivity index (χ4n) is 3.71. The van der Waals surface area contributed by atoms with E-state index >= 15 is 0 Å². The molecule has 4 aromatic carbocycles. The number of benzene rings is 4. The Morgan fingerprint density at radius 1 is 0.528 bits per heavy atom. The summed E-state index contributed by atoms with van der Waals surface area (Å²) in [6.07, 6.45) is 1.79. The Morgan fingerprint density at radius 3 is 1.36 bits per heavy atom. The minimum Gasteiger partial charge on any atom is -0.143 e. The van der Waals surface area contributed by atoms with Gasteiger partial charge in [0.1, 0.15) is 7.85 Å². The molecule has 36 heavy (non-hydrogen) atoms. The first-order chi connectivity index (χ1) is 17.5. The molecule has 2 heteroatoms. The molecule has 0 bridgehead atoms. The lowest BCUT2D eigenvalue weighted by Gasteiger charge is -2.03. The molecule has 0 heterocycles. The lowest BCUT2D eigenvalue weighted by Crippen LogP contribution is -1.99. The van der Waals surface area contributed by atoms with Gasteiger partial charge < -0.3 is 0 Å². The molecular weight excluding hydrogens is 451 g/mol. The lowest BCUT2D eigenvalue weighted by atomic mass is 9.95. The molecule has 0 unspecified atom stereocenters. The zero-order valence-electron chi connectivity index (χ0n) is 20.5. The van der Waals surface area contributed by atoms with E-state index in [0.717, 1.165) is 56.6 Å². The Morgan fingerprint density at radius 2 is 0.917 bits per heavy atom. The van der Waals surface area contributed by atoms with Crippen LogP contribution in [0.2, 0.25) is 0 Å². The van der Waals surface area contributed by atoms with E-state index in [2.05, 4.69) is 86.3 Å². The maximum absolute atomic E-state index is 5.76. The van der Waals surface area contributed by atoms with Gasteiger partial charge in [-0.15, -0.1) is 12.6 Å². The molecule has 0 saturated heterocycles. The van der Waals surface area contributed by atoms with Gasteiger partial charge in [-0.05, 0) is 96.8 Å². The molecule has 4 aromatic rings. The highest BCUT2D eigenvalue weighted by molar-refractivity contribution is 7.80. The van der Waals surface area contributed by atoms with Gasteiger partial charge in [-0.2, -0.15) is 0 Å². The second-order valence-electron chi connectivity index (χ2n) is 8.37. The summed E-state index contributed by atoms with van der Waals surface area (Å²) in [5.41, 5.74) is 9.10. The molecule has 2 radical (unpaired) electrons. The second kappa shape index (κ2) is 12.1. The molecule has 0 amide bonds. The molecule has 0 aromatic heterocycles. The average molecular weight is 476 g/mol. The number of hydrogen-bond donors (Lipinski definition) is 1. The SMILES string of the molecule is [B]c1ccc(C#Cc2ccc(C#Cc3ccc(C#Cc4ccc(S)cc4)c(CC)c3)cc2CC)cc1. The topological polar surface area (TPSA) is 0 Å². The molecule has 0 aliphatic rings. The van der Waals surface area contributed by atoms with Crippen LogP contribution in [0.5, 0.6) is 0 Å². The maximum Gasteiger partial charge on any atom is 0.113 e. The number of rotatable bonds is 2. The van der Waals surface area contributed by atoms with Crippen molar-refractivity contribution < 1.29 is 0 Å². The van der Waals surface area contributed by atoms with Gasteiger partial charge in [-0.1, -0.05) is 67.0 Å². The standard InChI is InChI=1S/C34H25BS/c1-3-29-23-27(9-17-31(29)15-7-25-11-19-33(35)20-12-25)5-6-28-10-18-32(30(4-2)24-28)16-8-26-13-21-34(36)22-14-26/h9-14,17-24,36H,3-4H2,1-2H3. The molecule has 0 aliphatic heterocycles. The van der Waals surface area contributed by atoms with Crippen LogP contribution < -0.4 is 5.46 Å².